The summed E-state index contributed by atoms with van der Waals surface area (Å²) in [6.07, 6.45) is 4.50. The first kappa shape index (κ1) is 11.1. The van der Waals surface area contributed by atoms with Crippen molar-refractivity contribution in [2.24, 2.45) is 0 Å². The molecule has 0 aliphatic heterocycles. The van der Waals surface area contributed by atoms with Crippen molar-refractivity contribution < 1.29 is 4.42 Å². The van der Waals surface area contributed by atoms with Crippen LogP contribution in [0.3, 0.4) is 0 Å². The highest BCUT2D eigenvalue weighted by atomic mass is 32.2. The second kappa shape index (κ2) is 5.12. The summed E-state index contributed by atoms with van der Waals surface area (Å²) in [7, 11) is 0. The van der Waals surface area contributed by atoms with Gasteiger partial charge in [-0.05, 0) is 18.6 Å². The molecule has 2 aromatic heterocycles. The molecule has 0 fully saturated rings. The predicted octanol–water partition coefficient (Wildman–Crippen LogP) is 3.02. The summed E-state index contributed by atoms with van der Waals surface area (Å²) in [5.74, 6) is 0.549. The summed E-state index contributed by atoms with van der Waals surface area (Å²) >= 11 is 1.60. The second-order valence-corrected chi connectivity index (χ2v) is 4.84. The summed E-state index contributed by atoms with van der Waals surface area (Å²) in [6.45, 7) is 4.28. The summed E-state index contributed by atoms with van der Waals surface area (Å²) in [5.41, 5.74) is 0.901. The van der Waals surface area contributed by atoms with Crippen LogP contribution < -0.4 is 0 Å². The van der Waals surface area contributed by atoms with Gasteiger partial charge in [0.15, 0.2) is 0 Å². The highest BCUT2D eigenvalue weighted by Crippen LogP contribution is 2.26. The lowest BCUT2D eigenvalue weighted by atomic mass is 10.3. The van der Waals surface area contributed by atoms with Crippen LogP contribution in [-0.2, 0) is 0 Å². The molecule has 84 valence electrons. The van der Waals surface area contributed by atoms with Gasteiger partial charge in [-0.1, -0.05) is 25.6 Å². The lowest BCUT2D eigenvalue weighted by molar-refractivity contribution is 0.464. The molecule has 0 saturated heterocycles. The summed E-state index contributed by atoms with van der Waals surface area (Å²) in [5, 5.41) is 9.13. The van der Waals surface area contributed by atoms with E-state index in [1.54, 1.807) is 24.2 Å². The Morgan fingerprint density at radius 2 is 2.06 bits per heavy atom. The molecule has 0 aliphatic rings. The zero-order chi connectivity index (χ0) is 11.4. The monoisotopic (exact) mass is 235 g/mol. The molecule has 0 N–H and O–H groups in total. The number of hydrogen-bond acceptors (Lipinski definition) is 5. The van der Waals surface area contributed by atoms with E-state index < -0.39 is 0 Å². The van der Waals surface area contributed by atoms with Crippen molar-refractivity contribution in [1.29, 1.82) is 0 Å². The fourth-order valence-electron chi connectivity index (χ4n) is 1.12. The maximum absolute atomic E-state index is 5.56. The first-order valence-electron chi connectivity index (χ1n) is 5.20. The summed E-state index contributed by atoms with van der Waals surface area (Å²) in [6, 6.07) is 3.70. The van der Waals surface area contributed by atoms with Gasteiger partial charge in [0.05, 0.1) is 0 Å². The number of hydrogen-bond donors (Lipinski definition) is 0. The van der Waals surface area contributed by atoms with Crippen molar-refractivity contribution >= 4 is 11.8 Å². The Bertz CT molecular complexity index is 444. The molecular formula is C11H13N3OS. The van der Waals surface area contributed by atoms with Gasteiger partial charge >= 0.3 is 0 Å². The van der Waals surface area contributed by atoms with Gasteiger partial charge in [0.2, 0.25) is 5.89 Å². The van der Waals surface area contributed by atoms with Crippen molar-refractivity contribution in [2.45, 2.75) is 30.7 Å². The van der Waals surface area contributed by atoms with E-state index in [2.05, 4.69) is 29.0 Å². The Balaban J connectivity index is 2.14. The molecule has 0 unspecified atom stereocenters. The van der Waals surface area contributed by atoms with Gasteiger partial charge in [-0.25, -0.2) is 0 Å². The van der Waals surface area contributed by atoms with Gasteiger partial charge in [0.25, 0.3) is 5.22 Å². The van der Waals surface area contributed by atoms with Crippen LogP contribution in [0.25, 0.3) is 11.5 Å². The van der Waals surface area contributed by atoms with E-state index in [0.29, 0.717) is 16.4 Å². The van der Waals surface area contributed by atoms with Crippen LogP contribution in [0.5, 0.6) is 0 Å². The fourth-order valence-corrected chi connectivity index (χ4v) is 1.85. The standard InChI is InChI=1S/C11H13N3OS/c1-3-8(2)16-11-14-13-10(15-11)9-4-6-12-7-5-9/h4-8H,3H2,1-2H3/t8-/m1/s1. The first-order valence-corrected chi connectivity index (χ1v) is 6.08. The Morgan fingerprint density at radius 1 is 1.31 bits per heavy atom. The molecule has 1 atom stereocenters. The number of rotatable bonds is 4. The van der Waals surface area contributed by atoms with Gasteiger partial charge in [0, 0.05) is 23.2 Å². The topological polar surface area (TPSA) is 51.8 Å². The van der Waals surface area contributed by atoms with Gasteiger partial charge in [0.1, 0.15) is 0 Å². The fraction of sp³-hybridized carbons (Fsp3) is 0.364. The second-order valence-electron chi connectivity index (χ2n) is 3.45. The molecule has 0 bridgehead atoms. The highest BCUT2D eigenvalue weighted by Gasteiger charge is 2.11. The molecular weight excluding hydrogens is 222 g/mol. The maximum atomic E-state index is 5.56. The van der Waals surface area contributed by atoms with E-state index in [0.717, 1.165) is 12.0 Å². The number of thioether (sulfide) groups is 1. The molecule has 0 saturated carbocycles. The third-order valence-electron chi connectivity index (χ3n) is 2.21. The third kappa shape index (κ3) is 2.61. The molecule has 4 nitrogen and oxygen atoms in total. The molecule has 2 heterocycles. The van der Waals surface area contributed by atoms with E-state index in [4.69, 9.17) is 4.42 Å². The van der Waals surface area contributed by atoms with E-state index in [-0.39, 0.29) is 0 Å². The quantitative estimate of drug-likeness (QED) is 0.762. The average molecular weight is 235 g/mol. The van der Waals surface area contributed by atoms with Crippen LogP contribution in [0, 0.1) is 0 Å². The Labute approximate surface area is 98.5 Å². The summed E-state index contributed by atoms with van der Waals surface area (Å²) in [4.78, 5) is 3.94. The van der Waals surface area contributed by atoms with Crippen LogP contribution in [0.4, 0.5) is 0 Å². The zero-order valence-corrected chi connectivity index (χ0v) is 10.1. The number of aromatic nitrogens is 3. The van der Waals surface area contributed by atoms with E-state index in [1.807, 2.05) is 12.1 Å². The largest absolute Gasteiger partial charge is 0.411 e. The van der Waals surface area contributed by atoms with E-state index in [1.165, 1.54) is 0 Å². The van der Waals surface area contributed by atoms with Crippen LogP contribution in [-0.4, -0.2) is 20.4 Å². The Hall–Kier alpha value is -1.36. The lowest BCUT2D eigenvalue weighted by Gasteiger charge is -2.01. The molecule has 2 aromatic rings. The lowest BCUT2D eigenvalue weighted by Crippen LogP contribution is -1.91. The minimum absolute atomic E-state index is 0.491. The third-order valence-corrected chi connectivity index (χ3v) is 3.31. The summed E-state index contributed by atoms with van der Waals surface area (Å²) < 4.78 is 5.56. The first-order chi connectivity index (χ1) is 7.79. The van der Waals surface area contributed by atoms with Crippen LogP contribution in [0.15, 0.2) is 34.2 Å². The van der Waals surface area contributed by atoms with Gasteiger partial charge < -0.3 is 4.42 Å². The van der Waals surface area contributed by atoms with Crippen molar-refractivity contribution in [2.75, 3.05) is 0 Å². The zero-order valence-electron chi connectivity index (χ0n) is 9.25. The molecule has 0 amide bonds. The van der Waals surface area contributed by atoms with Crippen LogP contribution in [0.2, 0.25) is 0 Å². The molecule has 0 spiro atoms. The Morgan fingerprint density at radius 3 is 2.75 bits per heavy atom. The predicted molar refractivity (Wildman–Crippen MR) is 63.1 cm³/mol. The average Bonchev–Trinajstić information content (AvgIpc) is 2.78. The van der Waals surface area contributed by atoms with E-state index >= 15 is 0 Å². The van der Waals surface area contributed by atoms with E-state index in [9.17, 15) is 0 Å². The van der Waals surface area contributed by atoms with Gasteiger partial charge in [-0.2, -0.15) is 0 Å². The van der Waals surface area contributed by atoms with Crippen LogP contribution in [0.1, 0.15) is 20.3 Å². The van der Waals surface area contributed by atoms with Crippen molar-refractivity contribution in [1.82, 2.24) is 15.2 Å². The molecule has 0 aliphatic carbocycles. The highest BCUT2D eigenvalue weighted by molar-refractivity contribution is 7.99. The maximum Gasteiger partial charge on any atom is 0.277 e. The molecule has 0 aromatic carbocycles. The van der Waals surface area contributed by atoms with Gasteiger partial charge in [-0.3, -0.25) is 4.98 Å². The minimum Gasteiger partial charge on any atom is -0.411 e. The van der Waals surface area contributed by atoms with Crippen molar-refractivity contribution in [3.63, 3.8) is 0 Å². The molecule has 0 radical (unpaired) electrons. The van der Waals surface area contributed by atoms with Gasteiger partial charge in [-0.15, -0.1) is 10.2 Å². The Kier molecular flexibility index (Phi) is 3.56. The molecule has 16 heavy (non-hydrogen) atoms. The molecule has 2 rings (SSSR count). The smallest absolute Gasteiger partial charge is 0.277 e. The van der Waals surface area contributed by atoms with Crippen molar-refractivity contribution in [3.8, 4) is 11.5 Å². The number of pyridine rings is 1. The van der Waals surface area contributed by atoms with Crippen LogP contribution >= 0.6 is 11.8 Å². The minimum atomic E-state index is 0.491. The SMILES string of the molecule is CC[C@@H](C)Sc1nnc(-c2ccncc2)o1. The van der Waals surface area contributed by atoms with Crippen molar-refractivity contribution in [3.05, 3.63) is 24.5 Å². The number of nitrogens with zero attached hydrogens (tertiary/aromatic N) is 3. The normalized spacial score (nSPS) is 12.6. The molecule has 5 heteroatoms.